The van der Waals surface area contributed by atoms with E-state index in [-0.39, 0.29) is 0 Å². The third-order valence-corrected chi connectivity index (χ3v) is 2.96. The van der Waals surface area contributed by atoms with Crippen LogP contribution >= 0.6 is 33.6 Å². The molecule has 66 valence electrons. The molecule has 0 N–H and O–H groups in total. The first-order valence-corrected chi connectivity index (χ1v) is 6.42. The largest absolute Gasteiger partial charge is 0.254 e. The Bertz CT molecular complexity index is 391. The van der Waals surface area contributed by atoms with Crippen LogP contribution in [0.1, 0.15) is 4.88 Å². The Kier molecular flexibility index (Phi) is 3.17. The number of rotatable bonds is 2. The van der Waals surface area contributed by atoms with Crippen LogP contribution in [0, 0.1) is 0 Å². The Morgan fingerprint density at radius 1 is 1.42 bits per heavy atom. The zero-order chi connectivity index (χ0) is 9.19. The Labute approximate surface area is 83.8 Å². The maximum absolute atomic E-state index is 10.5. The van der Waals surface area contributed by atoms with Gasteiger partial charge in [0.05, 0.1) is 4.34 Å². The smallest absolute Gasteiger partial charge is 0.208 e. The van der Waals surface area contributed by atoms with Gasteiger partial charge in [0.1, 0.15) is 0 Å². The highest BCUT2D eigenvalue weighted by molar-refractivity contribution is 8.16. The third kappa shape index (κ3) is 3.58. The van der Waals surface area contributed by atoms with E-state index in [0.29, 0.717) is 4.34 Å². The average molecular weight is 243 g/mol. The summed E-state index contributed by atoms with van der Waals surface area (Å²) in [6, 6.07) is 3.40. The van der Waals surface area contributed by atoms with Crippen molar-refractivity contribution in [1.29, 1.82) is 0 Å². The summed E-state index contributed by atoms with van der Waals surface area (Å²) in [5.74, 6) is 0. The van der Waals surface area contributed by atoms with E-state index in [1.165, 1.54) is 17.4 Å². The molecule has 0 radical (unpaired) electrons. The molecular formula is C6H4Cl2O2S2. The molecular weight excluding hydrogens is 239 g/mol. The van der Waals surface area contributed by atoms with Crippen LogP contribution in [-0.4, -0.2) is 8.42 Å². The van der Waals surface area contributed by atoms with Crippen molar-refractivity contribution >= 4 is 48.7 Å². The second kappa shape index (κ2) is 3.79. The minimum atomic E-state index is -3.56. The van der Waals surface area contributed by atoms with Crippen LogP contribution in [0.3, 0.4) is 0 Å². The van der Waals surface area contributed by atoms with Crippen molar-refractivity contribution < 1.29 is 8.42 Å². The third-order valence-electron chi connectivity index (χ3n) is 0.989. The van der Waals surface area contributed by atoms with Gasteiger partial charge in [0.25, 0.3) is 9.05 Å². The molecule has 0 spiro atoms. The lowest BCUT2D eigenvalue weighted by atomic mass is 10.5. The van der Waals surface area contributed by atoms with Gasteiger partial charge >= 0.3 is 0 Å². The first kappa shape index (κ1) is 10.1. The fraction of sp³-hybridized carbons (Fsp3) is 0. The lowest BCUT2D eigenvalue weighted by Crippen LogP contribution is -1.77. The van der Waals surface area contributed by atoms with E-state index in [0.717, 1.165) is 10.3 Å². The maximum Gasteiger partial charge on any atom is 0.254 e. The second-order valence-corrected chi connectivity index (χ2v) is 6.18. The first-order chi connectivity index (χ1) is 5.47. The number of thiophene rings is 1. The molecule has 1 heterocycles. The van der Waals surface area contributed by atoms with Crippen molar-refractivity contribution in [1.82, 2.24) is 0 Å². The molecule has 0 saturated carbocycles. The molecule has 12 heavy (non-hydrogen) atoms. The molecule has 0 aromatic carbocycles. The van der Waals surface area contributed by atoms with Crippen LogP contribution in [0.5, 0.6) is 0 Å². The molecule has 0 atom stereocenters. The van der Waals surface area contributed by atoms with E-state index in [9.17, 15) is 8.42 Å². The summed E-state index contributed by atoms with van der Waals surface area (Å²) in [5, 5.41) is 0.927. The zero-order valence-electron chi connectivity index (χ0n) is 5.70. The van der Waals surface area contributed by atoms with Crippen molar-refractivity contribution in [2.24, 2.45) is 0 Å². The summed E-state index contributed by atoms with van der Waals surface area (Å²) >= 11 is 6.90. The summed E-state index contributed by atoms with van der Waals surface area (Å²) < 4.78 is 21.5. The molecule has 0 fully saturated rings. The normalized spacial score (nSPS) is 12.5. The van der Waals surface area contributed by atoms with Crippen molar-refractivity contribution in [3.63, 3.8) is 0 Å². The van der Waals surface area contributed by atoms with Crippen molar-refractivity contribution in [2.75, 3.05) is 0 Å². The molecule has 2 nitrogen and oxygen atoms in total. The van der Waals surface area contributed by atoms with Crippen LogP contribution in [0.2, 0.25) is 4.34 Å². The number of hydrogen-bond acceptors (Lipinski definition) is 3. The average Bonchev–Trinajstić information content (AvgIpc) is 2.30. The minimum absolute atomic E-state index is 0.613. The summed E-state index contributed by atoms with van der Waals surface area (Å²) in [4.78, 5) is 0.754. The van der Waals surface area contributed by atoms with E-state index >= 15 is 0 Å². The second-order valence-electron chi connectivity index (χ2n) is 1.92. The topological polar surface area (TPSA) is 34.1 Å². The van der Waals surface area contributed by atoms with Crippen molar-refractivity contribution in [2.45, 2.75) is 0 Å². The van der Waals surface area contributed by atoms with Gasteiger partial charge in [-0.3, -0.25) is 0 Å². The summed E-state index contributed by atoms with van der Waals surface area (Å²) in [6.45, 7) is 0. The Morgan fingerprint density at radius 2 is 2.08 bits per heavy atom. The van der Waals surface area contributed by atoms with E-state index in [4.69, 9.17) is 22.3 Å². The fourth-order valence-corrected chi connectivity index (χ4v) is 2.08. The van der Waals surface area contributed by atoms with Gasteiger partial charge in [0.15, 0.2) is 0 Å². The van der Waals surface area contributed by atoms with Crippen LogP contribution in [-0.2, 0) is 9.05 Å². The Hall–Kier alpha value is -0.0300. The number of hydrogen-bond donors (Lipinski definition) is 0. The van der Waals surface area contributed by atoms with Gasteiger partial charge in [-0.05, 0) is 18.2 Å². The summed E-state index contributed by atoms with van der Waals surface area (Å²) in [5.41, 5.74) is 0. The van der Waals surface area contributed by atoms with Gasteiger partial charge in [-0.15, -0.1) is 11.3 Å². The molecule has 0 unspecified atom stereocenters. The molecule has 0 aliphatic heterocycles. The van der Waals surface area contributed by atoms with Gasteiger partial charge in [-0.1, -0.05) is 11.6 Å². The van der Waals surface area contributed by atoms with E-state index in [1.807, 2.05) is 0 Å². The summed E-state index contributed by atoms with van der Waals surface area (Å²) in [6.07, 6.45) is 1.40. The van der Waals surface area contributed by atoms with Crippen LogP contribution < -0.4 is 0 Å². The van der Waals surface area contributed by atoms with Crippen LogP contribution in [0.25, 0.3) is 6.08 Å². The van der Waals surface area contributed by atoms with Crippen LogP contribution in [0.15, 0.2) is 17.5 Å². The standard InChI is InChI=1S/C6H4Cl2O2S2/c7-6-2-1-5(11-6)3-4-12(8,9)10/h1-4H/b4-3+. The van der Waals surface area contributed by atoms with Gasteiger partial charge < -0.3 is 0 Å². The lowest BCUT2D eigenvalue weighted by Gasteiger charge is -1.81. The fourth-order valence-electron chi connectivity index (χ4n) is 0.566. The van der Waals surface area contributed by atoms with E-state index < -0.39 is 9.05 Å². The van der Waals surface area contributed by atoms with E-state index in [1.54, 1.807) is 12.1 Å². The maximum atomic E-state index is 10.5. The Morgan fingerprint density at radius 3 is 2.50 bits per heavy atom. The molecule has 0 bridgehead atoms. The predicted octanol–water partition coefficient (Wildman–Crippen LogP) is 2.94. The van der Waals surface area contributed by atoms with Crippen LogP contribution in [0.4, 0.5) is 0 Å². The molecule has 0 saturated heterocycles. The predicted molar refractivity (Wildman–Crippen MR) is 53.1 cm³/mol. The molecule has 0 amide bonds. The molecule has 0 aliphatic rings. The number of halogens is 2. The van der Waals surface area contributed by atoms with Gasteiger partial charge in [0, 0.05) is 21.0 Å². The van der Waals surface area contributed by atoms with Crippen molar-refractivity contribution in [3.05, 3.63) is 26.8 Å². The minimum Gasteiger partial charge on any atom is -0.208 e. The molecule has 6 heteroatoms. The molecule has 1 aromatic heterocycles. The highest BCUT2D eigenvalue weighted by Crippen LogP contribution is 2.22. The molecule has 1 rings (SSSR count). The first-order valence-electron chi connectivity index (χ1n) is 2.85. The SMILES string of the molecule is O=S(=O)(Cl)/C=C/c1ccc(Cl)s1. The molecule has 1 aromatic rings. The summed E-state index contributed by atoms with van der Waals surface area (Å²) in [7, 11) is 1.39. The monoisotopic (exact) mass is 242 g/mol. The van der Waals surface area contributed by atoms with E-state index in [2.05, 4.69) is 0 Å². The van der Waals surface area contributed by atoms with Gasteiger partial charge in [-0.25, -0.2) is 8.42 Å². The highest BCUT2D eigenvalue weighted by atomic mass is 35.7. The zero-order valence-corrected chi connectivity index (χ0v) is 8.84. The van der Waals surface area contributed by atoms with Gasteiger partial charge in [0.2, 0.25) is 0 Å². The Balaban J connectivity index is 2.84. The molecule has 0 aliphatic carbocycles. The highest BCUT2D eigenvalue weighted by Gasteiger charge is 1.98. The quantitative estimate of drug-likeness (QED) is 0.748. The lowest BCUT2D eigenvalue weighted by molar-refractivity contribution is 0.617. The van der Waals surface area contributed by atoms with Crippen molar-refractivity contribution in [3.8, 4) is 0 Å². The van der Waals surface area contributed by atoms with Gasteiger partial charge in [-0.2, -0.15) is 0 Å².